The van der Waals surface area contributed by atoms with Crippen LogP contribution in [0.1, 0.15) is 59.3 Å². The third-order valence-corrected chi connectivity index (χ3v) is 5.46. The summed E-state index contributed by atoms with van der Waals surface area (Å²) in [7, 11) is 0. The molecule has 132 valence electrons. The number of thioether (sulfide) groups is 1. The number of ketones is 1. The van der Waals surface area contributed by atoms with Gasteiger partial charge in [0.2, 0.25) is 5.91 Å². The van der Waals surface area contributed by atoms with Gasteiger partial charge in [-0.15, -0.1) is 11.8 Å². The maximum atomic E-state index is 12.9. The molecule has 2 rings (SSSR count). The number of carbonyl (C=O) groups excluding carboxylic acids is 3. The molecular formula is C17H25N3O3S. The summed E-state index contributed by atoms with van der Waals surface area (Å²) in [5, 5.41) is 2.95. The van der Waals surface area contributed by atoms with Crippen LogP contribution in [0.15, 0.2) is 0 Å². The van der Waals surface area contributed by atoms with E-state index in [9.17, 15) is 14.4 Å². The van der Waals surface area contributed by atoms with E-state index in [0.29, 0.717) is 34.1 Å². The third-order valence-electron chi connectivity index (χ3n) is 4.45. The van der Waals surface area contributed by atoms with Crippen molar-refractivity contribution in [1.29, 1.82) is 0 Å². The maximum Gasteiger partial charge on any atom is 0.271 e. The molecule has 1 aromatic rings. The number of aryl methyl sites for hydroxylation is 1. The molecule has 2 heterocycles. The number of nitrogens with zero attached hydrogens (tertiary/aromatic N) is 1. The van der Waals surface area contributed by atoms with Crippen molar-refractivity contribution in [2.75, 3.05) is 11.6 Å². The van der Waals surface area contributed by atoms with Gasteiger partial charge < -0.3 is 15.2 Å². The number of hydrogen-bond acceptors (Lipinski definition) is 4. The van der Waals surface area contributed by atoms with E-state index in [1.54, 1.807) is 30.5 Å². The Kier molecular flexibility index (Phi) is 5.74. The Morgan fingerprint density at radius 1 is 1.38 bits per heavy atom. The van der Waals surface area contributed by atoms with Crippen LogP contribution in [0.3, 0.4) is 0 Å². The van der Waals surface area contributed by atoms with Crippen molar-refractivity contribution in [3.8, 4) is 0 Å². The van der Waals surface area contributed by atoms with Gasteiger partial charge in [-0.05, 0) is 39.7 Å². The highest BCUT2D eigenvalue weighted by atomic mass is 32.2. The van der Waals surface area contributed by atoms with Gasteiger partial charge in [0.15, 0.2) is 5.78 Å². The molecule has 6 nitrogen and oxygen atoms in total. The van der Waals surface area contributed by atoms with Crippen molar-refractivity contribution < 1.29 is 14.4 Å². The minimum absolute atomic E-state index is 0.0674. The molecule has 1 aliphatic rings. The van der Waals surface area contributed by atoms with Crippen LogP contribution in [0, 0.1) is 13.8 Å². The van der Waals surface area contributed by atoms with Crippen molar-refractivity contribution in [2.45, 2.75) is 53.1 Å². The van der Waals surface area contributed by atoms with E-state index in [4.69, 9.17) is 0 Å². The second-order valence-electron chi connectivity index (χ2n) is 6.29. The topological polar surface area (TPSA) is 82.3 Å². The van der Waals surface area contributed by atoms with E-state index in [0.717, 1.165) is 6.42 Å². The molecular weight excluding hydrogens is 326 g/mol. The quantitative estimate of drug-likeness (QED) is 0.797. The first-order chi connectivity index (χ1) is 11.3. The van der Waals surface area contributed by atoms with Gasteiger partial charge in [-0.25, -0.2) is 0 Å². The lowest BCUT2D eigenvalue weighted by Gasteiger charge is -2.24. The van der Waals surface area contributed by atoms with E-state index < -0.39 is 6.04 Å². The molecule has 7 heteroatoms. The van der Waals surface area contributed by atoms with Crippen molar-refractivity contribution in [1.82, 2.24) is 15.2 Å². The molecule has 2 unspecified atom stereocenters. The molecule has 1 saturated heterocycles. The number of Topliss-reactive ketones (excluding diaryl/α,β-unsaturated/α-hetero) is 1. The highest BCUT2D eigenvalue weighted by Crippen LogP contribution is 2.26. The standard InChI is InChI=1S/C17H25N3O3S/c1-6-9(2)18-16(22)13-7-24-8-20(13)17(23)15-10(3)14(12(5)21)11(4)19-15/h9,13,19H,6-8H2,1-5H3,(H,18,22). The average Bonchev–Trinajstić information content (AvgIpc) is 3.11. The Bertz CT molecular complexity index is 668. The fourth-order valence-electron chi connectivity index (χ4n) is 2.94. The molecule has 2 N–H and O–H groups in total. The fourth-order valence-corrected chi connectivity index (χ4v) is 4.09. The number of aromatic amines is 1. The van der Waals surface area contributed by atoms with Gasteiger partial charge in [0.25, 0.3) is 5.91 Å². The van der Waals surface area contributed by atoms with Gasteiger partial charge in [-0.1, -0.05) is 6.92 Å². The van der Waals surface area contributed by atoms with Crippen molar-refractivity contribution in [3.05, 3.63) is 22.5 Å². The summed E-state index contributed by atoms with van der Waals surface area (Å²) in [6.07, 6.45) is 0.844. The summed E-state index contributed by atoms with van der Waals surface area (Å²) in [4.78, 5) is 41.7. The first kappa shape index (κ1) is 18.6. The summed E-state index contributed by atoms with van der Waals surface area (Å²) >= 11 is 1.56. The lowest BCUT2D eigenvalue weighted by atomic mass is 10.1. The van der Waals surface area contributed by atoms with E-state index in [1.807, 2.05) is 13.8 Å². The molecule has 0 saturated carbocycles. The van der Waals surface area contributed by atoms with Crippen LogP contribution in [0.5, 0.6) is 0 Å². The Balaban J connectivity index is 2.24. The van der Waals surface area contributed by atoms with Gasteiger partial charge in [0.05, 0.1) is 5.88 Å². The van der Waals surface area contributed by atoms with Crippen molar-refractivity contribution in [3.63, 3.8) is 0 Å². The zero-order valence-electron chi connectivity index (χ0n) is 14.9. The zero-order valence-corrected chi connectivity index (χ0v) is 15.7. The predicted molar refractivity (Wildman–Crippen MR) is 95.4 cm³/mol. The number of nitrogens with one attached hydrogen (secondary N) is 2. The van der Waals surface area contributed by atoms with Crippen LogP contribution in [-0.4, -0.2) is 51.2 Å². The molecule has 1 aliphatic heterocycles. The van der Waals surface area contributed by atoms with Gasteiger partial charge >= 0.3 is 0 Å². The van der Waals surface area contributed by atoms with E-state index in [1.165, 1.54) is 6.92 Å². The Labute approximate surface area is 146 Å². The first-order valence-electron chi connectivity index (χ1n) is 8.17. The molecule has 1 fully saturated rings. The summed E-state index contributed by atoms with van der Waals surface area (Å²) in [5.74, 6) is 0.659. The maximum absolute atomic E-state index is 12.9. The first-order valence-corrected chi connectivity index (χ1v) is 9.32. The molecule has 2 atom stereocenters. The number of aromatic nitrogens is 1. The number of H-pyrrole nitrogens is 1. The Morgan fingerprint density at radius 2 is 2.04 bits per heavy atom. The fraction of sp³-hybridized carbons (Fsp3) is 0.588. The molecule has 0 aliphatic carbocycles. The molecule has 2 amide bonds. The van der Waals surface area contributed by atoms with E-state index in [2.05, 4.69) is 10.3 Å². The van der Waals surface area contributed by atoms with E-state index >= 15 is 0 Å². The van der Waals surface area contributed by atoms with Crippen LogP contribution in [0.4, 0.5) is 0 Å². The zero-order chi connectivity index (χ0) is 18.0. The second kappa shape index (κ2) is 7.42. The van der Waals surface area contributed by atoms with Gasteiger partial charge in [0.1, 0.15) is 11.7 Å². The molecule has 0 spiro atoms. The lowest BCUT2D eigenvalue weighted by molar-refractivity contribution is -0.125. The summed E-state index contributed by atoms with van der Waals surface area (Å²) < 4.78 is 0. The van der Waals surface area contributed by atoms with Crippen LogP contribution >= 0.6 is 11.8 Å². The predicted octanol–water partition coefficient (Wildman–Crippen LogP) is 2.26. The number of amides is 2. The van der Waals surface area contributed by atoms with Gasteiger partial charge in [0, 0.05) is 23.1 Å². The van der Waals surface area contributed by atoms with Crippen molar-refractivity contribution >= 4 is 29.4 Å². The summed E-state index contributed by atoms with van der Waals surface area (Å²) in [6.45, 7) is 9.00. The smallest absolute Gasteiger partial charge is 0.271 e. The SMILES string of the molecule is CCC(C)NC(=O)C1CSCN1C(=O)c1[nH]c(C)c(C(C)=O)c1C. The van der Waals surface area contributed by atoms with Crippen LogP contribution in [0.2, 0.25) is 0 Å². The molecule has 0 bridgehead atoms. The number of carbonyl (C=O) groups is 3. The lowest BCUT2D eigenvalue weighted by Crippen LogP contribution is -2.49. The monoisotopic (exact) mass is 351 g/mol. The second-order valence-corrected chi connectivity index (χ2v) is 7.29. The minimum Gasteiger partial charge on any atom is -0.354 e. The number of rotatable bonds is 5. The molecule has 24 heavy (non-hydrogen) atoms. The average molecular weight is 351 g/mol. The normalized spacial score (nSPS) is 18.5. The third kappa shape index (κ3) is 3.50. The Hall–Kier alpha value is -1.76. The Morgan fingerprint density at radius 3 is 2.58 bits per heavy atom. The molecule has 0 radical (unpaired) electrons. The van der Waals surface area contributed by atoms with Gasteiger partial charge in [-0.3, -0.25) is 14.4 Å². The van der Waals surface area contributed by atoms with E-state index in [-0.39, 0.29) is 23.6 Å². The molecule has 0 aromatic carbocycles. The highest BCUT2D eigenvalue weighted by molar-refractivity contribution is 7.99. The highest BCUT2D eigenvalue weighted by Gasteiger charge is 2.37. The minimum atomic E-state index is -0.472. The van der Waals surface area contributed by atoms with Crippen LogP contribution in [-0.2, 0) is 4.79 Å². The van der Waals surface area contributed by atoms with Gasteiger partial charge in [-0.2, -0.15) is 0 Å². The van der Waals surface area contributed by atoms with Crippen LogP contribution < -0.4 is 5.32 Å². The molecule has 1 aromatic heterocycles. The largest absolute Gasteiger partial charge is 0.354 e. The summed E-state index contributed by atoms with van der Waals surface area (Å²) in [6, 6.07) is -0.390. The summed E-state index contributed by atoms with van der Waals surface area (Å²) in [5.41, 5.74) is 2.31. The van der Waals surface area contributed by atoms with Crippen LogP contribution in [0.25, 0.3) is 0 Å². The number of hydrogen-bond donors (Lipinski definition) is 2. The van der Waals surface area contributed by atoms with Crippen molar-refractivity contribution in [2.24, 2.45) is 0 Å².